The molecule has 0 aromatic carbocycles. The fourth-order valence-corrected chi connectivity index (χ4v) is 2.26. The fourth-order valence-electron chi connectivity index (χ4n) is 2.26. The summed E-state index contributed by atoms with van der Waals surface area (Å²) in [5, 5.41) is 12.9. The smallest absolute Gasteiger partial charge is 0.312 e. The molecule has 2 heterocycles. The van der Waals surface area contributed by atoms with E-state index in [4.69, 9.17) is 0 Å². The predicted octanol–water partition coefficient (Wildman–Crippen LogP) is -1.60. The lowest BCUT2D eigenvalue weighted by Crippen LogP contribution is -2.52. The van der Waals surface area contributed by atoms with Crippen molar-refractivity contribution in [2.45, 2.75) is 18.9 Å². The van der Waals surface area contributed by atoms with Crippen molar-refractivity contribution >= 4 is 11.8 Å². The summed E-state index contributed by atoms with van der Waals surface area (Å²) in [4.78, 5) is 26.9. The maximum atomic E-state index is 11.9. The molecule has 0 spiro atoms. The first-order valence-electron chi connectivity index (χ1n) is 6.01. The number of β-amino-alcohol motifs (C(OH)–C–C–N with tert-alkyl or cyclic N) is 1. The van der Waals surface area contributed by atoms with Crippen LogP contribution in [0.25, 0.3) is 0 Å². The van der Waals surface area contributed by atoms with Crippen molar-refractivity contribution in [3.05, 3.63) is 0 Å². The molecule has 96 valence electrons. The molecular formula is C11H19N3O3. The number of amides is 2. The number of likely N-dealkylation sites (tertiary alicyclic amines) is 1. The van der Waals surface area contributed by atoms with Crippen molar-refractivity contribution in [3.63, 3.8) is 0 Å². The largest absolute Gasteiger partial charge is 0.388 e. The molecule has 17 heavy (non-hydrogen) atoms. The molecule has 1 unspecified atom stereocenters. The summed E-state index contributed by atoms with van der Waals surface area (Å²) >= 11 is 0. The molecule has 2 aliphatic heterocycles. The van der Waals surface area contributed by atoms with Gasteiger partial charge in [-0.05, 0) is 13.3 Å². The number of piperazine rings is 1. The van der Waals surface area contributed by atoms with Crippen molar-refractivity contribution < 1.29 is 14.7 Å². The number of rotatable bonds is 0. The van der Waals surface area contributed by atoms with Crippen molar-refractivity contribution in [1.29, 1.82) is 0 Å². The van der Waals surface area contributed by atoms with Crippen LogP contribution < -0.4 is 5.32 Å². The average Bonchev–Trinajstić information content (AvgIpc) is 2.69. The molecular weight excluding hydrogens is 222 g/mol. The van der Waals surface area contributed by atoms with E-state index in [1.54, 1.807) is 11.8 Å². The minimum atomic E-state index is -0.848. The van der Waals surface area contributed by atoms with Crippen LogP contribution in [0.1, 0.15) is 13.3 Å². The van der Waals surface area contributed by atoms with Gasteiger partial charge in [-0.2, -0.15) is 0 Å². The highest BCUT2D eigenvalue weighted by Gasteiger charge is 2.37. The Morgan fingerprint density at radius 3 is 2.24 bits per heavy atom. The molecule has 0 aromatic rings. The van der Waals surface area contributed by atoms with Crippen LogP contribution in [-0.4, -0.2) is 71.6 Å². The molecule has 2 aliphatic rings. The van der Waals surface area contributed by atoms with E-state index in [0.717, 1.165) is 13.1 Å². The van der Waals surface area contributed by atoms with Crippen LogP contribution in [0.3, 0.4) is 0 Å². The van der Waals surface area contributed by atoms with Crippen LogP contribution in [0, 0.1) is 0 Å². The van der Waals surface area contributed by atoms with Crippen LogP contribution in [0.4, 0.5) is 0 Å². The summed E-state index contributed by atoms with van der Waals surface area (Å²) in [6.45, 7) is 5.03. The Bertz CT molecular complexity index is 324. The quantitative estimate of drug-likeness (QED) is 0.501. The Labute approximate surface area is 101 Å². The predicted molar refractivity (Wildman–Crippen MR) is 61.3 cm³/mol. The molecule has 1 atom stereocenters. The Morgan fingerprint density at radius 1 is 1.12 bits per heavy atom. The molecule has 0 aliphatic carbocycles. The monoisotopic (exact) mass is 241 g/mol. The minimum Gasteiger partial charge on any atom is -0.388 e. The summed E-state index contributed by atoms with van der Waals surface area (Å²) in [6.07, 6.45) is 0.535. The molecule has 2 fully saturated rings. The van der Waals surface area contributed by atoms with Gasteiger partial charge in [0.1, 0.15) is 0 Å². The van der Waals surface area contributed by atoms with E-state index in [1.165, 1.54) is 4.90 Å². The Kier molecular flexibility index (Phi) is 3.35. The zero-order chi connectivity index (χ0) is 12.5. The number of nitrogens with one attached hydrogen (secondary N) is 1. The Morgan fingerprint density at radius 2 is 1.71 bits per heavy atom. The fraction of sp³-hybridized carbons (Fsp3) is 0.818. The van der Waals surface area contributed by atoms with Gasteiger partial charge in [-0.15, -0.1) is 0 Å². The molecule has 2 N–H and O–H groups in total. The van der Waals surface area contributed by atoms with Gasteiger partial charge >= 0.3 is 11.8 Å². The lowest BCUT2D eigenvalue weighted by atomic mass is 10.1. The Balaban J connectivity index is 1.93. The summed E-state index contributed by atoms with van der Waals surface area (Å²) in [7, 11) is 0. The molecule has 0 saturated carbocycles. The third-order valence-corrected chi connectivity index (χ3v) is 3.33. The molecule has 0 bridgehead atoms. The number of hydrogen-bond acceptors (Lipinski definition) is 4. The topological polar surface area (TPSA) is 72.9 Å². The van der Waals surface area contributed by atoms with Gasteiger partial charge in [-0.25, -0.2) is 0 Å². The first-order valence-corrected chi connectivity index (χ1v) is 6.01. The third kappa shape index (κ3) is 2.76. The second kappa shape index (κ2) is 4.62. The highest BCUT2D eigenvalue weighted by molar-refractivity contribution is 6.35. The van der Waals surface area contributed by atoms with E-state index < -0.39 is 17.4 Å². The standard InChI is InChI=1S/C11H19N3O3/c1-11(17)2-5-14(8-11)10(16)9(15)13-6-3-12-4-7-13/h12,17H,2-8H2,1H3. The van der Waals surface area contributed by atoms with Gasteiger partial charge in [0, 0.05) is 39.3 Å². The van der Waals surface area contributed by atoms with Crippen LogP contribution in [0.15, 0.2) is 0 Å². The lowest BCUT2D eigenvalue weighted by molar-refractivity contribution is -0.152. The van der Waals surface area contributed by atoms with Crippen LogP contribution in [0.5, 0.6) is 0 Å². The second-order valence-electron chi connectivity index (χ2n) is 5.02. The maximum Gasteiger partial charge on any atom is 0.312 e. The summed E-state index contributed by atoms with van der Waals surface area (Å²) in [5.74, 6) is -0.922. The minimum absolute atomic E-state index is 0.254. The number of hydrogen-bond donors (Lipinski definition) is 2. The zero-order valence-electron chi connectivity index (χ0n) is 10.1. The highest BCUT2D eigenvalue weighted by Crippen LogP contribution is 2.20. The van der Waals surface area contributed by atoms with E-state index in [9.17, 15) is 14.7 Å². The SMILES string of the molecule is CC1(O)CCN(C(=O)C(=O)N2CCNCC2)C1. The number of aliphatic hydroxyl groups is 1. The van der Waals surface area contributed by atoms with E-state index in [2.05, 4.69) is 5.32 Å². The second-order valence-corrected chi connectivity index (χ2v) is 5.02. The van der Waals surface area contributed by atoms with Crippen molar-refractivity contribution in [2.24, 2.45) is 0 Å². The van der Waals surface area contributed by atoms with Gasteiger partial charge in [0.2, 0.25) is 0 Å². The van der Waals surface area contributed by atoms with Gasteiger partial charge in [0.25, 0.3) is 0 Å². The maximum absolute atomic E-state index is 11.9. The molecule has 2 saturated heterocycles. The first-order chi connectivity index (χ1) is 7.99. The van der Waals surface area contributed by atoms with Crippen molar-refractivity contribution in [2.75, 3.05) is 39.3 Å². The third-order valence-electron chi connectivity index (χ3n) is 3.33. The van der Waals surface area contributed by atoms with E-state index in [-0.39, 0.29) is 6.54 Å². The zero-order valence-corrected chi connectivity index (χ0v) is 10.1. The molecule has 2 rings (SSSR count). The van der Waals surface area contributed by atoms with E-state index in [1.807, 2.05) is 0 Å². The Hall–Kier alpha value is -1.14. The summed E-state index contributed by atoms with van der Waals surface area (Å²) < 4.78 is 0. The molecule has 0 aromatic heterocycles. The van der Waals surface area contributed by atoms with Gasteiger partial charge in [0.15, 0.2) is 0 Å². The average molecular weight is 241 g/mol. The summed E-state index contributed by atoms with van der Waals surface area (Å²) in [6, 6.07) is 0. The van der Waals surface area contributed by atoms with Crippen LogP contribution in [0.2, 0.25) is 0 Å². The number of carbonyl (C=O) groups is 2. The van der Waals surface area contributed by atoms with Gasteiger partial charge in [0.05, 0.1) is 5.60 Å². The molecule has 0 radical (unpaired) electrons. The molecule has 2 amide bonds. The van der Waals surface area contributed by atoms with E-state index >= 15 is 0 Å². The number of nitrogens with zero attached hydrogens (tertiary/aromatic N) is 2. The van der Waals surface area contributed by atoms with Crippen molar-refractivity contribution in [1.82, 2.24) is 15.1 Å². The van der Waals surface area contributed by atoms with Crippen LogP contribution >= 0.6 is 0 Å². The number of carbonyl (C=O) groups excluding carboxylic acids is 2. The van der Waals surface area contributed by atoms with Crippen LogP contribution in [-0.2, 0) is 9.59 Å². The lowest BCUT2D eigenvalue weighted by Gasteiger charge is -2.28. The highest BCUT2D eigenvalue weighted by atomic mass is 16.3. The van der Waals surface area contributed by atoms with Gasteiger partial charge in [-0.3, -0.25) is 9.59 Å². The van der Waals surface area contributed by atoms with Gasteiger partial charge < -0.3 is 20.2 Å². The van der Waals surface area contributed by atoms with Crippen molar-refractivity contribution in [3.8, 4) is 0 Å². The normalized spacial score (nSPS) is 29.5. The molecule has 6 heteroatoms. The molecule has 6 nitrogen and oxygen atoms in total. The van der Waals surface area contributed by atoms with E-state index in [0.29, 0.717) is 26.1 Å². The van der Waals surface area contributed by atoms with Gasteiger partial charge in [-0.1, -0.05) is 0 Å². The first kappa shape index (κ1) is 12.3. The summed E-state index contributed by atoms with van der Waals surface area (Å²) in [5.41, 5.74) is -0.848.